The molecule has 0 bridgehead atoms. The molecule has 0 unspecified atom stereocenters. The topological polar surface area (TPSA) is 49.8 Å². The Bertz CT molecular complexity index is 510. The number of hydrogen-bond acceptors (Lipinski definition) is 4. The molecule has 0 saturated carbocycles. The fourth-order valence-electron chi connectivity index (χ4n) is 2.45. The highest BCUT2D eigenvalue weighted by Crippen LogP contribution is 2.29. The molecule has 1 aliphatic rings. The maximum atomic E-state index is 5.28. The van der Waals surface area contributed by atoms with Crippen molar-refractivity contribution in [1.82, 2.24) is 15.2 Å². The lowest BCUT2D eigenvalue weighted by Gasteiger charge is -2.39. The first-order chi connectivity index (χ1) is 10.1. The van der Waals surface area contributed by atoms with Crippen LogP contribution in [0.25, 0.3) is 0 Å². The van der Waals surface area contributed by atoms with E-state index in [0.29, 0.717) is 12.4 Å². The number of hydrogen-bond donors (Lipinski definition) is 1. The van der Waals surface area contributed by atoms with Crippen LogP contribution in [-0.2, 0) is 6.54 Å². The van der Waals surface area contributed by atoms with Crippen LogP contribution in [0.3, 0.4) is 0 Å². The van der Waals surface area contributed by atoms with Gasteiger partial charge in [0.25, 0.3) is 0 Å². The molecule has 0 spiro atoms. The molecule has 0 radical (unpaired) electrons. The van der Waals surface area contributed by atoms with Crippen LogP contribution in [0, 0.1) is 0 Å². The summed E-state index contributed by atoms with van der Waals surface area (Å²) in [7, 11) is 3.47. The summed E-state index contributed by atoms with van der Waals surface area (Å²) in [6, 6.07) is 3.94. The molecule has 0 amide bonds. The van der Waals surface area contributed by atoms with E-state index < -0.39 is 0 Å². The van der Waals surface area contributed by atoms with E-state index in [-0.39, 0.29) is 28.7 Å². The summed E-state index contributed by atoms with van der Waals surface area (Å²) in [5, 5.41) is 3.41. The van der Waals surface area contributed by atoms with Gasteiger partial charge in [-0.1, -0.05) is 6.07 Å². The van der Waals surface area contributed by atoms with Crippen molar-refractivity contribution < 1.29 is 4.74 Å². The van der Waals surface area contributed by atoms with Crippen molar-refractivity contribution in [3.63, 3.8) is 0 Å². The highest BCUT2D eigenvalue weighted by Gasteiger charge is 2.28. The van der Waals surface area contributed by atoms with Crippen LogP contribution in [0.1, 0.15) is 19.4 Å². The zero-order chi connectivity index (χ0) is 15.3. The molecule has 2 heterocycles. The molecule has 1 aromatic rings. The normalized spacial score (nSPS) is 17.6. The molecule has 0 atom stereocenters. The number of rotatable bonds is 3. The third-order valence-electron chi connectivity index (χ3n) is 3.42. The summed E-state index contributed by atoms with van der Waals surface area (Å²) >= 11 is 2.02. The number of nitrogens with zero attached hydrogens (tertiary/aromatic N) is 3. The van der Waals surface area contributed by atoms with Crippen LogP contribution in [0.5, 0.6) is 5.88 Å². The molecular weight excluding hydrogens is 411 g/mol. The predicted octanol–water partition coefficient (Wildman–Crippen LogP) is 2.61. The first-order valence-corrected chi connectivity index (χ1v) is 8.12. The largest absolute Gasteiger partial charge is 0.481 e. The molecule has 7 heteroatoms. The summed E-state index contributed by atoms with van der Waals surface area (Å²) < 4.78 is 5.55. The fourth-order valence-corrected chi connectivity index (χ4v) is 3.56. The van der Waals surface area contributed by atoms with Crippen LogP contribution < -0.4 is 10.1 Å². The standard InChI is InChI=1S/C15H24N4OS.HI/c1-15(2)11-19(8-9-21-15)14(16-3)18-10-12-6-5-7-17-13(12)20-4;/h5-7H,8-11H2,1-4H3,(H,16,18);1H. The van der Waals surface area contributed by atoms with Crippen molar-refractivity contribution in [2.75, 3.05) is 33.0 Å². The van der Waals surface area contributed by atoms with E-state index in [1.54, 1.807) is 13.3 Å². The van der Waals surface area contributed by atoms with Crippen molar-refractivity contribution in [3.05, 3.63) is 23.9 Å². The molecule has 22 heavy (non-hydrogen) atoms. The summed E-state index contributed by atoms with van der Waals surface area (Å²) in [6.45, 7) is 7.25. The maximum absolute atomic E-state index is 5.28. The Balaban J connectivity index is 0.00000242. The number of ether oxygens (including phenoxy) is 1. The van der Waals surface area contributed by atoms with Gasteiger partial charge >= 0.3 is 0 Å². The molecule has 5 nitrogen and oxygen atoms in total. The highest BCUT2D eigenvalue weighted by molar-refractivity contribution is 14.0. The molecule has 1 saturated heterocycles. The summed E-state index contributed by atoms with van der Waals surface area (Å²) in [5.41, 5.74) is 1.03. The van der Waals surface area contributed by atoms with Gasteiger partial charge in [0.05, 0.1) is 7.11 Å². The molecular formula is C15H25IN4OS. The number of pyridine rings is 1. The molecule has 0 aliphatic carbocycles. The zero-order valence-electron chi connectivity index (χ0n) is 13.6. The summed E-state index contributed by atoms with van der Waals surface area (Å²) in [5.74, 6) is 2.73. The second kappa shape index (κ2) is 8.81. The highest BCUT2D eigenvalue weighted by atomic mass is 127. The van der Waals surface area contributed by atoms with Crippen LogP contribution in [-0.4, -0.2) is 53.6 Å². The molecule has 1 aromatic heterocycles. The van der Waals surface area contributed by atoms with E-state index in [2.05, 4.69) is 34.0 Å². The van der Waals surface area contributed by atoms with Gasteiger partial charge in [-0.25, -0.2) is 4.98 Å². The van der Waals surface area contributed by atoms with Crippen LogP contribution in [0.2, 0.25) is 0 Å². The van der Waals surface area contributed by atoms with E-state index in [0.717, 1.165) is 30.4 Å². The first kappa shape index (κ1) is 19.3. The quantitative estimate of drug-likeness (QED) is 0.449. The Kier molecular flexibility index (Phi) is 7.75. The molecule has 1 aliphatic heterocycles. The number of nitrogens with one attached hydrogen (secondary N) is 1. The van der Waals surface area contributed by atoms with Gasteiger partial charge < -0.3 is 15.0 Å². The zero-order valence-corrected chi connectivity index (χ0v) is 16.8. The Morgan fingerprint density at radius 3 is 2.95 bits per heavy atom. The van der Waals surface area contributed by atoms with Crippen LogP contribution in [0.4, 0.5) is 0 Å². The van der Waals surface area contributed by atoms with Crippen molar-refractivity contribution in [1.29, 1.82) is 0 Å². The second-order valence-electron chi connectivity index (χ2n) is 5.60. The van der Waals surface area contributed by atoms with Gasteiger partial charge in [-0.05, 0) is 19.9 Å². The van der Waals surface area contributed by atoms with Gasteiger partial charge in [0.2, 0.25) is 5.88 Å². The second-order valence-corrected chi connectivity index (χ2v) is 7.40. The minimum absolute atomic E-state index is 0. The average Bonchev–Trinajstić information content (AvgIpc) is 2.47. The smallest absolute Gasteiger partial charge is 0.218 e. The SMILES string of the molecule is CN=C(NCc1cccnc1OC)N1CCSC(C)(C)C1.I. The fraction of sp³-hybridized carbons (Fsp3) is 0.600. The predicted molar refractivity (Wildman–Crippen MR) is 105 cm³/mol. The molecule has 2 rings (SSSR count). The van der Waals surface area contributed by atoms with E-state index in [1.807, 2.05) is 30.9 Å². The van der Waals surface area contributed by atoms with E-state index >= 15 is 0 Å². The van der Waals surface area contributed by atoms with E-state index in [4.69, 9.17) is 4.74 Å². The van der Waals surface area contributed by atoms with E-state index in [1.165, 1.54) is 0 Å². The van der Waals surface area contributed by atoms with Crippen molar-refractivity contribution >= 4 is 41.7 Å². The third-order valence-corrected chi connectivity index (χ3v) is 4.71. The van der Waals surface area contributed by atoms with Gasteiger partial charge in [0.1, 0.15) is 0 Å². The van der Waals surface area contributed by atoms with Crippen molar-refractivity contribution in [2.24, 2.45) is 4.99 Å². The Labute approximate surface area is 154 Å². The van der Waals surface area contributed by atoms with Crippen LogP contribution in [0.15, 0.2) is 23.3 Å². The lowest BCUT2D eigenvalue weighted by Crippen LogP contribution is -2.50. The molecule has 1 N–H and O–H groups in total. The van der Waals surface area contributed by atoms with E-state index in [9.17, 15) is 0 Å². The molecule has 1 fully saturated rings. The Hall–Kier alpha value is -0.700. The Morgan fingerprint density at radius 2 is 2.32 bits per heavy atom. The Morgan fingerprint density at radius 1 is 1.55 bits per heavy atom. The minimum atomic E-state index is 0. The molecule has 124 valence electrons. The lowest BCUT2D eigenvalue weighted by molar-refractivity contribution is 0.373. The van der Waals surface area contributed by atoms with Crippen molar-refractivity contribution in [2.45, 2.75) is 25.1 Å². The number of aliphatic imine (C=N–C) groups is 1. The number of guanidine groups is 1. The first-order valence-electron chi connectivity index (χ1n) is 7.13. The lowest BCUT2D eigenvalue weighted by atomic mass is 10.2. The van der Waals surface area contributed by atoms with Crippen molar-refractivity contribution in [3.8, 4) is 5.88 Å². The monoisotopic (exact) mass is 436 g/mol. The summed E-state index contributed by atoms with van der Waals surface area (Å²) in [6.07, 6.45) is 1.74. The maximum Gasteiger partial charge on any atom is 0.218 e. The number of thioether (sulfide) groups is 1. The molecule has 0 aromatic carbocycles. The van der Waals surface area contributed by atoms with Gasteiger partial charge in [0, 0.05) is 48.9 Å². The third kappa shape index (κ3) is 5.19. The van der Waals surface area contributed by atoms with Gasteiger partial charge in [-0.2, -0.15) is 11.8 Å². The van der Waals surface area contributed by atoms with Crippen LogP contribution >= 0.6 is 35.7 Å². The summed E-state index contributed by atoms with van der Waals surface area (Å²) in [4.78, 5) is 10.9. The number of aromatic nitrogens is 1. The minimum Gasteiger partial charge on any atom is -0.481 e. The van der Waals surface area contributed by atoms with Gasteiger partial charge in [0.15, 0.2) is 5.96 Å². The number of methoxy groups -OCH3 is 1. The van der Waals surface area contributed by atoms with Gasteiger partial charge in [-0.15, -0.1) is 24.0 Å². The number of halogens is 1. The average molecular weight is 436 g/mol. The van der Waals surface area contributed by atoms with Gasteiger partial charge in [-0.3, -0.25) is 4.99 Å².